The molecule has 0 saturated heterocycles. The number of para-hydroxylation sites is 1. The van der Waals surface area contributed by atoms with Gasteiger partial charge in [0.25, 0.3) is 5.91 Å². The van der Waals surface area contributed by atoms with Gasteiger partial charge in [-0.05, 0) is 19.1 Å². The van der Waals surface area contributed by atoms with Crippen molar-refractivity contribution in [1.82, 2.24) is 4.57 Å². The Hall–Kier alpha value is -1.61. The van der Waals surface area contributed by atoms with Gasteiger partial charge in [-0.3, -0.25) is 9.36 Å². The van der Waals surface area contributed by atoms with Crippen LogP contribution in [0.4, 0.5) is 0 Å². The minimum Gasteiger partial charge on any atom is -0.384 e. The van der Waals surface area contributed by atoms with E-state index in [4.69, 9.17) is 0 Å². The number of hydrogen-bond donors (Lipinski definition) is 1. The van der Waals surface area contributed by atoms with Gasteiger partial charge in [0.05, 0.1) is 5.52 Å². The van der Waals surface area contributed by atoms with Crippen molar-refractivity contribution < 1.29 is 9.90 Å². The zero-order chi connectivity index (χ0) is 10.1. The van der Waals surface area contributed by atoms with Gasteiger partial charge in [0.2, 0.25) is 0 Å². The third-order valence-electron chi connectivity index (χ3n) is 2.19. The van der Waals surface area contributed by atoms with E-state index in [1.807, 2.05) is 30.3 Å². The van der Waals surface area contributed by atoms with Gasteiger partial charge in [-0.1, -0.05) is 18.2 Å². The molecule has 1 aromatic carbocycles. The molecular weight excluding hydrogens is 178 g/mol. The molecule has 0 amide bonds. The number of hydrogen-bond acceptors (Lipinski definition) is 2. The predicted octanol–water partition coefficient (Wildman–Crippen LogP) is 1.66. The van der Waals surface area contributed by atoms with Crippen LogP contribution < -0.4 is 0 Å². The van der Waals surface area contributed by atoms with Crippen molar-refractivity contribution in [2.75, 3.05) is 0 Å². The van der Waals surface area contributed by atoms with Gasteiger partial charge in [-0.25, -0.2) is 0 Å². The van der Waals surface area contributed by atoms with Crippen molar-refractivity contribution in [3.05, 3.63) is 36.5 Å². The molecule has 14 heavy (non-hydrogen) atoms. The molecular formula is C11H11NO2. The Labute approximate surface area is 81.6 Å². The van der Waals surface area contributed by atoms with Gasteiger partial charge in [0, 0.05) is 11.6 Å². The van der Waals surface area contributed by atoms with Crippen LogP contribution in [0, 0.1) is 0 Å². The minimum atomic E-state index is -0.967. The van der Waals surface area contributed by atoms with Crippen molar-refractivity contribution >= 4 is 16.8 Å². The van der Waals surface area contributed by atoms with Crippen LogP contribution in [-0.4, -0.2) is 21.7 Å². The highest BCUT2D eigenvalue weighted by Gasteiger charge is 2.12. The van der Waals surface area contributed by atoms with E-state index in [0.717, 1.165) is 10.9 Å². The number of carbonyl (C=O) groups excluding carboxylic acids is 1. The first kappa shape index (κ1) is 8.97. The molecule has 0 aliphatic heterocycles. The van der Waals surface area contributed by atoms with Gasteiger partial charge in [-0.2, -0.15) is 0 Å². The number of nitrogens with zero attached hydrogens (tertiary/aromatic N) is 1. The number of fused-ring (bicyclic) bond motifs is 1. The maximum Gasteiger partial charge on any atom is 0.259 e. The zero-order valence-corrected chi connectivity index (χ0v) is 7.84. The van der Waals surface area contributed by atoms with Crippen molar-refractivity contribution in [2.45, 2.75) is 13.0 Å². The molecule has 3 nitrogen and oxygen atoms in total. The van der Waals surface area contributed by atoms with E-state index in [2.05, 4.69) is 0 Å². The van der Waals surface area contributed by atoms with Gasteiger partial charge in [0.15, 0.2) is 0 Å². The molecule has 0 aliphatic rings. The second-order valence-corrected chi connectivity index (χ2v) is 3.26. The molecule has 0 spiro atoms. The summed E-state index contributed by atoms with van der Waals surface area (Å²) >= 11 is 0. The molecule has 1 atom stereocenters. The first-order chi connectivity index (χ1) is 6.70. The van der Waals surface area contributed by atoms with E-state index in [1.165, 1.54) is 11.5 Å². The Bertz CT molecular complexity index is 471. The molecule has 2 rings (SSSR count). The lowest BCUT2D eigenvalue weighted by molar-refractivity contribution is 0.0693. The fourth-order valence-electron chi connectivity index (χ4n) is 1.48. The van der Waals surface area contributed by atoms with E-state index < -0.39 is 6.10 Å². The van der Waals surface area contributed by atoms with Crippen molar-refractivity contribution in [3.63, 3.8) is 0 Å². The van der Waals surface area contributed by atoms with E-state index in [1.54, 1.807) is 6.20 Å². The molecule has 72 valence electrons. The highest BCUT2D eigenvalue weighted by atomic mass is 16.3. The van der Waals surface area contributed by atoms with Gasteiger partial charge in [-0.15, -0.1) is 0 Å². The molecule has 3 heteroatoms. The third kappa shape index (κ3) is 1.32. The third-order valence-corrected chi connectivity index (χ3v) is 2.19. The summed E-state index contributed by atoms with van der Waals surface area (Å²) in [5.41, 5.74) is 0.832. The predicted molar refractivity (Wildman–Crippen MR) is 54.2 cm³/mol. The molecule has 0 fully saturated rings. The quantitative estimate of drug-likeness (QED) is 0.741. The number of rotatable bonds is 1. The first-order valence-electron chi connectivity index (χ1n) is 4.48. The number of aliphatic hydroxyl groups is 1. The maximum atomic E-state index is 11.5. The molecule has 0 saturated carbocycles. The monoisotopic (exact) mass is 189 g/mol. The Morgan fingerprint density at radius 2 is 2.07 bits per heavy atom. The Morgan fingerprint density at radius 3 is 2.79 bits per heavy atom. The van der Waals surface area contributed by atoms with Crippen LogP contribution in [0.15, 0.2) is 36.5 Å². The van der Waals surface area contributed by atoms with E-state index >= 15 is 0 Å². The Morgan fingerprint density at radius 1 is 1.36 bits per heavy atom. The lowest BCUT2D eigenvalue weighted by Gasteiger charge is -2.05. The summed E-state index contributed by atoms with van der Waals surface area (Å²) < 4.78 is 1.47. The lowest BCUT2D eigenvalue weighted by atomic mass is 10.2. The molecule has 1 aromatic heterocycles. The standard InChI is InChI=1S/C11H11NO2/c1-8(13)11(14)12-7-6-9-4-2-3-5-10(9)12/h2-8,13H,1H3. The smallest absolute Gasteiger partial charge is 0.259 e. The highest BCUT2D eigenvalue weighted by Crippen LogP contribution is 2.15. The lowest BCUT2D eigenvalue weighted by Crippen LogP contribution is -2.22. The number of carbonyl (C=O) groups is 1. The average molecular weight is 189 g/mol. The first-order valence-corrected chi connectivity index (χ1v) is 4.48. The summed E-state index contributed by atoms with van der Waals surface area (Å²) in [6, 6.07) is 9.43. The molecule has 0 bridgehead atoms. The second-order valence-electron chi connectivity index (χ2n) is 3.26. The van der Waals surface area contributed by atoms with E-state index in [-0.39, 0.29) is 5.91 Å². The summed E-state index contributed by atoms with van der Waals surface area (Å²) in [6.07, 6.45) is 0.713. The van der Waals surface area contributed by atoms with Gasteiger partial charge in [0.1, 0.15) is 6.10 Å². The molecule has 0 radical (unpaired) electrons. The molecule has 2 aromatic rings. The van der Waals surface area contributed by atoms with E-state index in [9.17, 15) is 9.90 Å². The Kier molecular flexibility index (Phi) is 2.09. The van der Waals surface area contributed by atoms with Crippen molar-refractivity contribution in [1.29, 1.82) is 0 Å². The summed E-state index contributed by atoms with van der Waals surface area (Å²) in [5, 5.41) is 10.2. The normalized spacial score (nSPS) is 13.0. The molecule has 1 N–H and O–H groups in total. The van der Waals surface area contributed by atoms with Gasteiger partial charge >= 0.3 is 0 Å². The topological polar surface area (TPSA) is 42.2 Å². The SMILES string of the molecule is CC(O)C(=O)n1ccc2ccccc21. The van der Waals surface area contributed by atoms with Crippen LogP contribution in [0.25, 0.3) is 10.9 Å². The summed E-state index contributed by atoms with van der Waals surface area (Å²) in [6.45, 7) is 1.47. The van der Waals surface area contributed by atoms with Crippen LogP contribution in [0.3, 0.4) is 0 Å². The van der Waals surface area contributed by atoms with Crippen LogP contribution in [0.5, 0.6) is 0 Å². The second kappa shape index (κ2) is 3.27. The molecule has 1 unspecified atom stereocenters. The highest BCUT2D eigenvalue weighted by molar-refractivity contribution is 5.94. The molecule has 0 aliphatic carbocycles. The summed E-state index contributed by atoms with van der Waals surface area (Å²) in [5.74, 6) is -0.300. The average Bonchev–Trinajstić information content (AvgIpc) is 2.60. The summed E-state index contributed by atoms with van der Waals surface area (Å²) in [7, 11) is 0. The minimum absolute atomic E-state index is 0.300. The largest absolute Gasteiger partial charge is 0.384 e. The zero-order valence-electron chi connectivity index (χ0n) is 7.84. The van der Waals surface area contributed by atoms with Crippen LogP contribution in [0.1, 0.15) is 11.7 Å². The maximum absolute atomic E-state index is 11.5. The van der Waals surface area contributed by atoms with Crippen LogP contribution >= 0.6 is 0 Å². The van der Waals surface area contributed by atoms with Crippen molar-refractivity contribution in [3.8, 4) is 0 Å². The van der Waals surface area contributed by atoms with Gasteiger partial charge < -0.3 is 5.11 Å². The molecule has 1 heterocycles. The van der Waals surface area contributed by atoms with Crippen LogP contribution in [0.2, 0.25) is 0 Å². The van der Waals surface area contributed by atoms with Crippen molar-refractivity contribution in [2.24, 2.45) is 0 Å². The summed E-state index contributed by atoms with van der Waals surface area (Å²) in [4.78, 5) is 11.5. The number of aromatic nitrogens is 1. The fourth-order valence-corrected chi connectivity index (χ4v) is 1.48. The van der Waals surface area contributed by atoms with Crippen LogP contribution in [-0.2, 0) is 0 Å². The van der Waals surface area contributed by atoms with E-state index in [0.29, 0.717) is 0 Å². The number of benzene rings is 1. The fraction of sp³-hybridized carbons (Fsp3) is 0.182. The number of aliphatic hydroxyl groups excluding tert-OH is 1. The Balaban J connectivity index is 2.58.